The third kappa shape index (κ3) is 2.57. The molecule has 0 aromatic heterocycles. The van der Waals surface area contributed by atoms with Crippen molar-refractivity contribution in [3.05, 3.63) is 59.1 Å². The summed E-state index contributed by atoms with van der Waals surface area (Å²) >= 11 is 7.65. The summed E-state index contributed by atoms with van der Waals surface area (Å²) in [7, 11) is 0. The Morgan fingerprint density at radius 3 is 2.31 bits per heavy atom. The van der Waals surface area contributed by atoms with Crippen molar-refractivity contribution >= 4 is 23.4 Å². The summed E-state index contributed by atoms with van der Waals surface area (Å²) in [6.45, 7) is 0. The first-order valence-electron chi connectivity index (χ1n) is 4.72. The summed E-state index contributed by atoms with van der Waals surface area (Å²) in [6.07, 6.45) is 0. The molecule has 16 heavy (non-hydrogen) atoms. The van der Waals surface area contributed by atoms with Crippen LogP contribution >= 0.6 is 23.4 Å². The molecule has 1 nitrogen and oxygen atoms in total. The van der Waals surface area contributed by atoms with Crippen molar-refractivity contribution < 1.29 is 0 Å². The third-order valence-corrected chi connectivity index (χ3v) is 3.57. The highest BCUT2D eigenvalue weighted by Crippen LogP contribution is 2.32. The van der Waals surface area contributed by atoms with Gasteiger partial charge in [-0.3, -0.25) is 0 Å². The zero-order chi connectivity index (χ0) is 11.4. The molecule has 0 bridgehead atoms. The fourth-order valence-electron chi connectivity index (χ4n) is 1.25. The maximum absolute atomic E-state index is 8.68. The van der Waals surface area contributed by atoms with Gasteiger partial charge in [0.1, 0.15) is 0 Å². The Bertz CT molecular complexity index is 528. The second-order valence-corrected chi connectivity index (χ2v) is 4.69. The molecular formula is C13H8ClNS. The molecule has 0 saturated heterocycles. The average molecular weight is 246 g/mol. The molecule has 0 spiro atoms. The van der Waals surface area contributed by atoms with Crippen molar-refractivity contribution in [3.8, 4) is 6.07 Å². The Balaban J connectivity index is 2.22. The average Bonchev–Trinajstić information content (AvgIpc) is 2.33. The molecule has 78 valence electrons. The van der Waals surface area contributed by atoms with Crippen LogP contribution in [0.4, 0.5) is 0 Å². The maximum Gasteiger partial charge on any atom is 0.0991 e. The van der Waals surface area contributed by atoms with E-state index in [2.05, 4.69) is 6.07 Å². The number of rotatable bonds is 2. The van der Waals surface area contributed by atoms with Crippen LogP contribution in [0.1, 0.15) is 5.56 Å². The zero-order valence-electron chi connectivity index (χ0n) is 8.35. The number of hydrogen-bond donors (Lipinski definition) is 0. The van der Waals surface area contributed by atoms with E-state index in [-0.39, 0.29) is 0 Å². The molecule has 0 heterocycles. The van der Waals surface area contributed by atoms with Gasteiger partial charge in [0.05, 0.1) is 16.7 Å². The van der Waals surface area contributed by atoms with E-state index < -0.39 is 0 Å². The van der Waals surface area contributed by atoms with Crippen molar-refractivity contribution in [1.29, 1.82) is 5.26 Å². The predicted molar refractivity (Wildman–Crippen MR) is 66.7 cm³/mol. The quantitative estimate of drug-likeness (QED) is 0.785. The van der Waals surface area contributed by atoms with Gasteiger partial charge in [0.15, 0.2) is 0 Å². The van der Waals surface area contributed by atoms with Crippen LogP contribution in [0.25, 0.3) is 0 Å². The molecule has 0 aliphatic rings. The van der Waals surface area contributed by atoms with Crippen molar-refractivity contribution in [3.63, 3.8) is 0 Å². The molecule has 0 saturated carbocycles. The van der Waals surface area contributed by atoms with Crippen LogP contribution < -0.4 is 0 Å². The second kappa shape index (κ2) is 5.07. The lowest BCUT2D eigenvalue weighted by Crippen LogP contribution is -1.77. The maximum atomic E-state index is 8.68. The molecule has 0 fully saturated rings. The second-order valence-electron chi connectivity index (χ2n) is 3.17. The summed E-state index contributed by atoms with van der Waals surface area (Å²) < 4.78 is 0. The van der Waals surface area contributed by atoms with E-state index in [1.165, 1.54) is 0 Å². The van der Waals surface area contributed by atoms with Crippen molar-refractivity contribution in [2.45, 2.75) is 9.79 Å². The van der Waals surface area contributed by atoms with E-state index >= 15 is 0 Å². The van der Waals surface area contributed by atoms with Crippen molar-refractivity contribution in [1.82, 2.24) is 0 Å². The number of hydrogen-bond acceptors (Lipinski definition) is 2. The van der Waals surface area contributed by atoms with Gasteiger partial charge in [-0.2, -0.15) is 5.26 Å². The van der Waals surface area contributed by atoms with E-state index in [4.69, 9.17) is 16.9 Å². The van der Waals surface area contributed by atoms with E-state index in [1.54, 1.807) is 23.9 Å². The van der Waals surface area contributed by atoms with Gasteiger partial charge in [0.2, 0.25) is 0 Å². The predicted octanol–water partition coefficient (Wildman–Crippen LogP) is 4.36. The minimum Gasteiger partial charge on any atom is -0.192 e. The van der Waals surface area contributed by atoms with Crippen LogP contribution in [0.5, 0.6) is 0 Å². The largest absolute Gasteiger partial charge is 0.192 e. The van der Waals surface area contributed by atoms with E-state index in [0.717, 1.165) is 14.8 Å². The Morgan fingerprint density at radius 2 is 1.69 bits per heavy atom. The van der Waals surface area contributed by atoms with Crippen LogP contribution in [0, 0.1) is 11.3 Å². The molecule has 2 aromatic carbocycles. The lowest BCUT2D eigenvalue weighted by molar-refractivity contribution is 1.39. The molecule has 0 amide bonds. The minimum absolute atomic E-state index is 0.670. The number of halogens is 1. The first kappa shape index (κ1) is 11.1. The fourth-order valence-corrected chi connectivity index (χ4v) is 2.34. The lowest BCUT2D eigenvalue weighted by atomic mass is 10.2. The number of nitriles is 1. The molecule has 3 heteroatoms. The van der Waals surface area contributed by atoms with E-state index in [1.807, 2.05) is 36.4 Å². The molecule has 0 unspecified atom stereocenters. The monoisotopic (exact) mass is 245 g/mol. The molecule has 0 aliphatic carbocycles. The van der Waals surface area contributed by atoms with Crippen molar-refractivity contribution in [2.75, 3.05) is 0 Å². The van der Waals surface area contributed by atoms with E-state index in [0.29, 0.717) is 5.56 Å². The fraction of sp³-hybridized carbons (Fsp3) is 0. The molecule has 0 N–H and O–H groups in total. The summed E-state index contributed by atoms with van der Waals surface area (Å²) in [4.78, 5) is 2.10. The molecule has 0 radical (unpaired) electrons. The van der Waals surface area contributed by atoms with Gasteiger partial charge < -0.3 is 0 Å². The van der Waals surface area contributed by atoms with Crippen LogP contribution in [0.3, 0.4) is 0 Å². The highest BCUT2D eigenvalue weighted by molar-refractivity contribution is 7.99. The Morgan fingerprint density at radius 1 is 1.00 bits per heavy atom. The Labute approximate surface area is 104 Å². The summed E-state index contributed by atoms with van der Waals surface area (Å²) in [6, 6.07) is 17.3. The normalized spacial score (nSPS) is 9.75. The van der Waals surface area contributed by atoms with Gasteiger partial charge in [-0.05, 0) is 36.4 Å². The molecular weight excluding hydrogens is 238 g/mol. The van der Waals surface area contributed by atoms with Gasteiger partial charge >= 0.3 is 0 Å². The van der Waals surface area contributed by atoms with Gasteiger partial charge in [-0.1, -0.05) is 35.5 Å². The highest BCUT2D eigenvalue weighted by Gasteiger charge is 2.01. The first-order chi connectivity index (χ1) is 7.79. The lowest BCUT2D eigenvalue weighted by Gasteiger charge is -2.03. The van der Waals surface area contributed by atoms with Gasteiger partial charge in [-0.25, -0.2) is 0 Å². The van der Waals surface area contributed by atoms with Crippen molar-refractivity contribution in [2.24, 2.45) is 0 Å². The molecule has 2 rings (SSSR count). The van der Waals surface area contributed by atoms with Crippen LogP contribution in [0.2, 0.25) is 5.02 Å². The summed E-state index contributed by atoms with van der Waals surface area (Å²) in [5, 5.41) is 9.43. The SMILES string of the molecule is N#Cc1ccc(Sc2ccccc2Cl)cc1. The molecule has 0 aliphatic heterocycles. The van der Waals surface area contributed by atoms with Crippen LogP contribution in [-0.4, -0.2) is 0 Å². The molecule has 0 atom stereocenters. The van der Waals surface area contributed by atoms with Crippen LogP contribution in [-0.2, 0) is 0 Å². The topological polar surface area (TPSA) is 23.8 Å². The van der Waals surface area contributed by atoms with Gasteiger partial charge in [-0.15, -0.1) is 0 Å². The zero-order valence-corrected chi connectivity index (χ0v) is 9.92. The Kier molecular flexibility index (Phi) is 3.51. The smallest absolute Gasteiger partial charge is 0.0991 e. The van der Waals surface area contributed by atoms with Crippen LogP contribution in [0.15, 0.2) is 58.3 Å². The highest BCUT2D eigenvalue weighted by atomic mass is 35.5. The number of nitrogens with zero attached hydrogens (tertiary/aromatic N) is 1. The number of benzene rings is 2. The summed E-state index contributed by atoms with van der Waals surface area (Å²) in [5.41, 5.74) is 0.670. The minimum atomic E-state index is 0.670. The van der Waals surface area contributed by atoms with Gasteiger partial charge in [0.25, 0.3) is 0 Å². The van der Waals surface area contributed by atoms with E-state index in [9.17, 15) is 0 Å². The first-order valence-corrected chi connectivity index (χ1v) is 5.91. The summed E-state index contributed by atoms with van der Waals surface area (Å²) in [5.74, 6) is 0. The molecule has 2 aromatic rings. The Hall–Kier alpha value is -1.43. The third-order valence-electron chi connectivity index (χ3n) is 2.05. The van der Waals surface area contributed by atoms with Gasteiger partial charge in [0, 0.05) is 9.79 Å². The standard InChI is InChI=1S/C13H8ClNS/c14-12-3-1-2-4-13(12)16-11-7-5-10(9-15)6-8-11/h1-8H.